The second-order valence-electron chi connectivity index (χ2n) is 6.03. The van der Waals surface area contributed by atoms with Gasteiger partial charge >= 0.3 is 0 Å². The first-order chi connectivity index (χ1) is 11.8. The zero-order valence-electron chi connectivity index (χ0n) is 13.8. The van der Waals surface area contributed by atoms with Crippen LogP contribution in [-0.4, -0.2) is 19.1 Å². The maximum atomic E-state index is 4.60. The number of benzene rings is 2. The third kappa shape index (κ3) is 2.71. The highest BCUT2D eigenvalue weighted by Gasteiger charge is 2.07. The van der Waals surface area contributed by atoms with Crippen molar-refractivity contribution in [2.24, 2.45) is 0 Å². The molecule has 2 aromatic carbocycles. The molecule has 0 spiro atoms. The Hall–Kier alpha value is -2.88. The largest absolute Gasteiger partial charge is 0.306 e. The average Bonchev–Trinajstić information content (AvgIpc) is 3.29. The zero-order valence-corrected chi connectivity index (χ0v) is 13.8. The summed E-state index contributed by atoms with van der Waals surface area (Å²) >= 11 is 0. The van der Waals surface area contributed by atoms with Gasteiger partial charge in [-0.3, -0.25) is 4.57 Å². The number of hydrogen-bond acceptors (Lipinski definition) is 2. The molecule has 0 aliphatic rings. The molecular formula is C20H20N4. The van der Waals surface area contributed by atoms with Gasteiger partial charge in [0.25, 0.3) is 0 Å². The minimum Gasteiger partial charge on any atom is -0.306 e. The molecule has 0 saturated carbocycles. The average molecular weight is 316 g/mol. The quantitative estimate of drug-likeness (QED) is 0.541. The lowest BCUT2D eigenvalue weighted by Crippen LogP contribution is -1.96. The molecule has 120 valence electrons. The van der Waals surface area contributed by atoms with E-state index >= 15 is 0 Å². The Balaban J connectivity index is 1.73. The van der Waals surface area contributed by atoms with Crippen LogP contribution in [0.1, 0.15) is 25.3 Å². The van der Waals surface area contributed by atoms with Crippen LogP contribution in [0.15, 0.2) is 67.5 Å². The van der Waals surface area contributed by atoms with Crippen molar-refractivity contribution >= 4 is 11.0 Å². The topological polar surface area (TPSA) is 35.6 Å². The molecule has 4 nitrogen and oxygen atoms in total. The van der Waals surface area contributed by atoms with Crippen LogP contribution in [-0.2, 0) is 6.42 Å². The molecule has 4 rings (SSSR count). The van der Waals surface area contributed by atoms with Gasteiger partial charge in [-0.2, -0.15) is 0 Å². The van der Waals surface area contributed by atoms with Crippen molar-refractivity contribution in [3.8, 4) is 11.4 Å². The monoisotopic (exact) mass is 316 g/mol. The van der Waals surface area contributed by atoms with E-state index in [1.54, 1.807) is 6.20 Å². The van der Waals surface area contributed by atoms with Crippen LogP contribution in [0.5, 0.6) is 0 Å². The smallest absolute Gasteiger partial charge is 0.100 e. The second kappa shape index (κ2) is 6.32. The first-order valence-corrected chi connectivity index (χ1v) is 8.40. The second-order valence-corrected chi connectivity index (χ2v) is 6.03. The van der Waals surface area contributed by atoms with Crippen molar-refractivity contribution in [2.45, 2.75) is 26.2 Å². The van der Waals surface area contributed by atoms with Crippen molar-refractivity contribution in [2.75, 3.05) is 0 Å². The van der Waals surface area contributed by atoms with Gasteiger partial charge in [0.1, 0.15) is 6.33 Å². The van der Waals surface area contributed by atoms with Crippen molar-refractivity contribution < 1.29 is 0 Å². The zero-order chi connectivity index (χ0) is 16.4. The van der Waals surface area contributed by atoms with Gasteiger partial charge in [-0.15, -0.1) is 0 Å². The minimum atomic E-state index is 1.05. The summed E-state index contributed by atoms with van der Waals surface area (Å²) in [5, 5.41) is 0. The highest BCUT2D eigenvalue weighted by molar-refractivity contribution is 5.78. The Labute approximate surface area is 141 Å². The normalized spacial score (nSPS) is 11.2. The molecule has 0 radical (unpaired) electrons. The highest BCUT2D eigenvalue weighted by atomic mass is 15.1. The lowest BCUT2D eigenvalue weighted by molar-refractivity contribution is 0.796. The van der Waals surface area contributed by atoms with Crippen LogP contribution < -0.4 is 0 Å². The number of rotatable bonds is 5. The predicted octanol–water partition coefficient (Wildman–Crippen LogP) is 4.55. The van der Waals surface area contributed by atoms with E-state index in [1.807, 2.05) is 23.4 Å². The molecule has 4 heteroatoms. The Morgan fingerprint density at radius 3 is 2.75 bits per heavy atom. The molecule has 0 aliphatic carbocycles. The Kier molecular flexibility index (Phi) is 3.87. The Bertz CT molecular complexity index is 951. The molecule has 0 unspecified atom stereocenters. The number of fused-ring (bicyclic) bond motifs is 1. The molecule has 2 aromatic heterocycles. The van der Waals surface area contributed by atoms with Gasteiger partial charge in [-0.25, -0.2) is 9.97 Å². The van der Waals surface area contributed by atoms with E-state index in [0.717, 1.165) is 28.8 Å². The van der Waals surface area contributed by atoms with Gasteiger partial charge in [0.15, 0.2) is 0 Å². The first-order valence-electron chi connectivity index (χ1n) is 8.40. The molecule has 2 heterocycles. The van der Waals surface area contributed by atoms with E-state index in [0.29, 0.717) is 0 Å². The number of unbranched alkanes of at least 4 members (excludes halogenated alkanes) is 1. The lowest BCUT2D eigenvalue weighted by atomic mass is 10.1. The van der Waals surface area contributed by atoms with E-state index in [2.05, 4.69) is 63.9 Å². The van der Waals surface area contributed by atoms with Crippen LogP contribution in [0.4, 0.5) is 0 Å². The molecule has 0 saturated heterocycles. The van der Waals surface area contributed by atoms with Gasteiger partial charge in [-0.1, -0.05) is 25.5 Å². The summed E-state index contributed by atoms with van der Waals surface area (Å²) in [6, 6.07) is 15.0. The fourth-order valence-electron chi connectivity index (χ4n) is 3.02. The molecule has 0 aliphatic heterocycles. The maximum Gasteiger partial charge on any atom is 0.100 e. The van der Waals surface area contributed by atoms with Crippen LogP contribution in [0.2, 0.25) is 0 Å². The van der Waals surface area contributed by atoms with Gasteiger partial charge in [0, 0.05) is 23.8 Å². The van der Waals surface area contributed by atoms with E-state index in [1.165, 1.54) is 18.4 Å². The molecular weight excluding hydrogens is 296 g/mol. The minimum absolute atomic E-state index is 1.05. The maximum absolute atomic E-state index is 4.60. The third-order valence-corrected chi connectivity index (χ3v) is 4.34. The van der Waals surface area contributed by atoms with Gasteiger partial charge in [0.2, 0.25) is 0 Å². The van der Waals surface area contributed by atoms with E-state index in [4.69, 9.17) is 0 Å². The Morgan fingerprint density at radius 2 is 1.92 bits per heavy atom. The summed E-state index contributed by atoms with van der Waals surface area (Å²) in [5.74, 6) is 0. The van der Waals surface area contributed by atoms with Gasteiger partial charge in [-0.05, 0) is 48.7 Å². The number of aromatic nitrogens is 4. The van der Waals surface area contributed by atoms with Crippen LogP contribution in [0.3, 0.4) is 0 Å². The summed E-state index contributed by atoms with van der Waals surface area (Å²) in [7, 11) is 0. The number of hydrogen-bond donors (Lipinski definition) is 0. The standard InChI is InChI=1S/C20H20N4/c1-2-3-5-16-8-9-20-19(12-16)22-15-24(20)18-7-4-6-17(13-18)23-11-10-21-14-23/h4,6-15H,2-3,5H2,1H3. The summed E-state index contributed by atoms with van der Waals surface area (Å²) in [6.07, 6.45) is 11.0. The number of aryl methyl sites for hydroxylation is 1. The molecule has 4 aromatic rings. The van der Waals surface area contributed by atoms with E-state index < -0.39 is 0 Å². The summed E-state index contributed by atoms with van der Waals surface area (Å²) < 4.78 is 4.14. The fourth-order valence-corrected chi connectivity index (χ4v) is 3.02. The van der Waals surface area contributed by atoms with Crippen LogP contribution in [0, 0.1) is 0 Å². The van der Waals surface area contributed by atoms with Gasteiger partial charge < -0.3 is 4.57 Å². The highest BCUT2D eigenvalue weighted by Crippen LogP contribution is 2.22. The van der Waals surface area contributed by atoms with E-state index in [9.17, 15) is 0 Å². The molecule has 0 atom stereocenters. The lowest BCUT2D eigenvalue weighted by Gasteiger charge is -2.08. The summed E-state index contributed by atoms with van der Waals surface area (Å²) in [4.78, 5) is 8.72. The third-order valence-electron chi connectivity index (χ3n) is 4.34. The van der Waals surface area contributed by atoms with Crippen LogP contribution >= 0.6 is 0 Å². The summed E-state index contributed by atoms with van der Waals surface area (Å²) in [6.45, 7) is 2.22. The van der Waals surface area contributed by atoms with Crippen LogP contribution in [0.25, 0.3) is 22.4 Å². The molecule has 0 fully saturated rings. The first kappa shape index (κ1) is 14.7. The Morgan fingerprint density at radius 1 is 1.00 bits per heavy atom. The summed E-state index contributed by atoms with van der Waals surface area (Å²) in [5.41, 5.74) is 5.74. The van der Waals surface area contributed by atoms with Crippen molar-refractivity contribution in [3.05, 3.63) is 73.1 Å². The predicted molar refractivity (Wildman–Crippen MR) is 96.8 cm³/mol. The van der Waals surface area contributed by atoms with Crippen molar-refractivity contribution in [1.82, 2.24) is 19.1 Å². The fraction of sp³-hybridized carbons (Fsp3) is 0.200. The molecule has 24 heavy (non-hydrogen) atoms. The van der Waals surface area contributed by atoms with Crippen molar-refractivity contribution in [3.63, 3.8) is 0 Å². The molecule has 0 bridgehead atoms. The van der Waals surface area contributed by atoms with Crippen molar-refractivity contribution in [1.29, 1.82) is 0 Å². The molecule has 0 amide bonds. The molecule has 0 N–H and O–H groups in total. The number of imidazole rings is 2. The van der Waals surface area contributed by atoms with Gasteiger partial charge in [0.05, 0.1) is 17.4 Å². The SMILES string of the molecule is CCCCc1ccc2c(c1)ncn2-c1cccc(-n2ccnc2)c1. The van der Waals surface area contributed by atoms with E-state index in [-0.39, 0.29) is 0 Å². The number of nitrogens with zero attached hydrogens (tertiary/aromatic N) is 4.